The predicted octanol–water partition coefficient (Wildman–Crippen LogP) is 1.43. The van der Waals surface area contributed by atoms with E-state index in [2.05, 4.69) is 20.1 Å². The summed E-state index contributed by atoms with van der Waals surface area (Å²) in [5, 5.41) is 5.72. The molecule has 0 saturated heterocycles. The lowest BCUT2D eigenvalue weighted by Crippen LogP contribution is -2.40. The average molecular weight is 691 g/mol. The number of esters is 4. The van der Waals surface area contributed by atoms with Crippen LogP contribution in [0.15, 0.2) is 0 Å². The molecule has 0 atom stereocenters. The van der Waals surface area contributed by atoms with Gasteiger partial charge in [-0.1, -0.05) is 0 Å². The lowest BCUT2D eigenvalue weighted by molar-refractivity contribution is -0.162. The first-order valence-electron chi connectivity index (χ1n) is 16.2. The van der Waals surface area contributed by atoms with Crippen molar-refractivity contribution in [1.29, 1.82) is 0 Å². The van der Waals surface area contributed by atoms with Gasteiger partial charge in [-0.25, -0.2) is 28.8 Å². The number of rotatable bonds is 21. The van der Waals surface area contributed by atoms with E-state index in [1.54, 1.807) is 7.11 Å². The van der Waals surface area contributed by atoms with Crippen LogP contribution < -0.4 is 10.6 Å². The molecule has 0 unspecified atom stereocenters. The Bertz CT molecular complexity index is 994. The van der Waals surface area contributed by atoms with Crippen molar-refractivity contribution in [2.45, 2.75) is 69.9 Å². The van der Waals surface area contributed by atoms with Gasteiger partial charge in [-0.2, -0.15) is 0 Å². The largest absolute Gasteiger partial charge is 0.461 e. The third-order valence-electron chi connectivity index (χ3n) is 7.79. The van der Waals surface area contributed by atoms with Crippen molar-refractivity contribution < 1.29 is 71.4 Å². The maximum Gasteiger partial charge on any atom is 0.407 e. The van der Waals surface area contributed by atoms with Crippen LogP contribution in [-0.2, 0) is 61.8 Å². The van der Waals surface area contributed by atoms with Crippen molar-refractivity contribution in [1.82, 2.24) is 10.6 Å². The quantitative estimate of drug-likeness (QED) is 0.0992. The molecule has 0 heterocycles. The summed E-state index contributed by atoms with van der Waals surface area (Å²) < 4.78 is 43.6. The Morgan fingerprint density at radius 3 is 1.35 bits per heavy atom. The number of ether oxygens (including phenoxy) is 9. The summed E-state index contributed by atoms with van der Waals surface area (Å²) in [5.41, 5.74) is 0. The number of hydrogen-bond acceptors (Lipinski definition) is 15. The van der Waals surface area contributed by atoms with E-state index in [4.69, 9.17) is 33.2 Å². The maximum absolute atomic E-state index is 12.2. The smallest absolute Gasteiger partial charge is 0.407 e. The molecule has 2 aliphatic carbocycles. The zero-order valence-corrected chi connectivity index (χ0v) is 27.9. The Labute approximate surface area is 280 Å². The second-order valence-electron chi connectivity index (χ2n) is 11.5. The average Bonchev–Trinajstić information content (AvgIpc) is 3.07. The zero-order chi connectivity index (χ0) is 35.0. The molecule has 0 spiro atoms. The second kappa shape index (κ2) is 24.4. The van der Waals surface area contributed by atoms with Crippen LogP contribution in [0.4, 0.5) is 9.59 Å². The first-order valence-corrected chi connectivity index (χ1v) is 16.2. The Hall–Kier alpha value is -3.70. The molecule has 0 aromatic rings. The molecule has 2 rings (SSSR count). The van der Waals surface area contributed by atoms with Gasteiger partial charge < -0.3 is 53.3 Å². The minimum absolute atomic E-state index is 0.000336. The minimum Gasteiger partial charge on any atom is -0.461 e. The molecule has 2 fully saturated rings. The van der Waals surface area contributed by atoms with E-state index in [0.29, 0.717) is 18.4 Å². The summed E-state index contributed by atoms with van der Waals surface area (Å²) in [6.45, 7) is -1.73. The normalized spacial score (nSPS) is 20.5. The highest BCUT2D eigenvalue weighted by Gasteiger charge is 2.28. The summed E-state index contributed by atoms with van der Waals surface area (Å²) in [4.78, 5) is 70.1. The maximum atomic E-state index is 12.2. The first kappa shape index (κ1) is 40.5. The molecule has 2 amide bonds. The Morgan fingerprint density at radius 2 is 0.875 bits per heavy atom. The van der Waals surface area contributed by atoms with Crippen LogP contribution in [0.1, 0.15) is 57.8 Å². The van der Waals surface area contributed by atoms with Crippen LogP contribution >= 0.6 is 0 Å². The number of alkyl carbamates (subject to hydrolysis) is 2. The van der Waals surface area contributed by atoms with Gasteiger partial charge in [-0.05, 0) is 69.6 Å². The first-order chi connectivity index (χ1) is 23.2. The van der Waals surface area contributed by atoms with Gasteiger partial charge in [0.1, 0.15) is 26.4 Å². The molecule has 0 radical (unpaired) electrons. The van der Waals surface area contributed by atoms with Gasteiger partial charge in [0.05, 0.1) is 19.8 Å². The predicted molar refractivity (Wildman–Crippen MR) is 163 cm³/mol. The van der Waals surface area contributed by atoms with Crippen LogP contribution in [0.3, 0.4) is 0 Å². The van der Waals surface area contributed by atoms with Crippen molar-refractivity contribution in [3.63, 3.8) is 0 Å². The van der Waals surface area contributed by atoms with E-state index < -0.39 is 55.9 Å². The van der Waals surface area contributed by atoms with Gasteiger partial charge in [-0.3, -0.25) is 0 Å². The molecule has 2 N–H and O–H groups in total. The molecule has 274 valence electrons. The fourth-order valence-corrected chi connectivity index (χ4v) is 5.41. The van der Waals surface area contributed by atoms with Crippen LogP contribution in [0.5, 0.6) is 0 Å². The van der Waals surface area contributed by atoms with Gasteiger partial charge >= 0.3 is 36.1 Å². The lowest BCUT2D eigenvalue weighted by Gasteiger charge is -2.34. The summed E-state index contributed by atoms with van der Waals surface area (Å²) in [6.07, 6.45) is 7.65. The Balaban J connectivity index is 1.43. The van der Waals surface area contributed by atoms with E-state index >= 15 is 0 Å². The number of nitrogens with one attached hydrogen (secondary N) is 2. The fourth-order valence-electron chi connectivity index (χ4n) is 5.41. The third kappa shape index (κ3) is 19.2. The highest BCUT2D eigenvalue weighted by atomic mass is 16.6. The third-order valence-corrected chi connectivity index (χ3v) is 7.79. The van der Waals surface area contributed by atoms with Crippen LogP contribution in [0.25, 0.3) is 0 Å². The van der Waals surface area contributed by atoms with E-state index in [0.717, 1.165) is 57.8 Å². The monoisotopic (exact) mass is 690 g/mol. The molecule has 0 aromatic carbocycles. The zero-order valence-electron chi connectivity index (χ0n) is 27.9. The Kier molecular flexibility index (Phi) is 20.6. The van der Waals surface area contributed by atoms with Crippen molar-refractivity contribution in [3.8, 4) is 0 Å². The minimum atomic E-state index is -0.898. The number of carbonyl (C=O) groups is 6. The summed E-state index contributed by atoms with van der Waals surface area (Å²) in [5.74, 6) is -1.95. The highest BCUT2D eigenvalue weighted by molar-refractivity contribution is 5.79. The van der Waals surface area contributed by atoms with Gasteiger partial charge in [-0.15, -0.1) is 0 Å². The number of amides is 2. The molecular formula is C31H50N2O15. The molecule has 48 heavy (non-hydrogen) atoms. The summed E-state index contributed by atoms with van der Waals surface area (Å²) in [6, 6.07) is 0.107. The molecular weight excluding hydrogens is 640 g/mol. The van der Waals surface area contributed by atoms with Crippen LogP contribution in [0, 0.1) is 11.8 Å². The van der Waals surface area contributed by atoms with Crippen molar-refractivity contribution in [2.75, 3.05) is 80.3 Å². The summed E-state index contributed by atoms with van der Waals surface area (Å²) >= 11 is 0. The highest BCUT2D eigenvalue weighted by Crippen LogP contribution is 2.35. The van der Waals surface area contributed by atoms with E-state index in [-0.39, 0.29) is 51.7 Å². The molecule has 17 nitrogen and oxygen atoms in total. The topological polar surface area (TPSA) is 210 Å². The molecule has 17 heteroatoms. The Morgan fingerprint density at radius 1 is 0.458 bits per heavy atom. The van der Waals surface area contributed by atoms with Gasteiger partial charge in [0.25, 0.3) is 0 Å². The second-order valence-corrected chi connectivity index (χ2v) is 11.5. The van der Waals surface area contributed by atoms with E-state index in [1.165, 1.54) is 7.11 Å². The number of hydrogen-bond donors (Lipinski definition) is 2. The van der Waals surface area contributed by atoms with Crippen molar-refractivity contribution in [3.05, 3.63) is 0 Å². The standard InChI is InChI=1S/C31H50N2O15/c1-40-11-14-45-30(38)32-24-7-3-22(4-8-24)17-23-5-9-25(10-6-23)33-31(39)48-21-29(37)47-20-28(36)44-16-13-42-12-15-43-27(35)19-46-26(34)18-41-2/h22-25H,3-21H2,1-2H3,(H,32,38)(H,33,39). The number of methoxy groups -OCH3 is 2. The molecule has 2 aliphatic rings. The van der Waals surface area contributed by atoms with E-state index in [1.807, 2.05) is 0 Å². The molecule has 0 aromatic heterocycles. The molecule has 0 aliphatic heterocycles. The van der Waals surface area contributed by atoms with Crippen molar-refractivity contribution in [2.24, 2.45) is 11.8 Å². The van der Waals surface area contributed by atoms with Crippen molar-refractivity contribution >= 4 is 36.1 Å². The van der Waals surface area contributed by atoms with Crippen LogP contribution in [-0.4, -0.2) is 128 Å². The lowest BCUT2D eigenvalue weighted by atomic mass is 9.76. The molecule has 0 bridgehead atoms. The van der Waals surface area contributed by atoms with Gasteiger partial charge in [0.2, 0.25) is 0 Å². The fraction of sp³-hybridized carbons (Fsp3) is 0.806. The van der Waals surface area contributed by atoms with Gasteiger partial charge in [0.15, 0.2) is 19.8 Å². The molecule has 2 saturated carbocycles. The summed E-state index contributed by atoms with van der Waals surface area (Å²) in [7, 11) is 2.87. The van der Waals surface area contributed by atoms with E-state index in [9.17, 15) is 28.8 Å². The van der Waals surface area contributed by atoms with Crippen LogP contribution in [0.2, 0.25) is 0 Å². The van der Waals surface area contributed by atoms with Gasteiger partial charge in [0, 0.05) is 26.3 Å². The number of carbonyl (C=O) groups excluding carboxylic acids is 6. The SMILES string of the molecule is COCCOC(=O)NC1CCC(CC2CCC(NC(=O)OCC(=O)OCC(=O)OCCOCCOC(=O)COC(=O)COC)CC2)CC1.